The SMILES string of the molecule is CCCCC(NC(=O)N1CCC(C(C)C)CC1)C(=O)O. The molecular formula is C15H28N2O3. The molecule has 0 aromatic carbocycles. The second-order valence-electron chi connectivity index (χ2n) is 6.05. The third-order valence-electron chi connectivity index (χ3n) is 4.21. The van der Waals surface area contributed by atoms with Crippen molar-refractivity contribution in [1.29, 1.82) is 0 Å². The van der Waals surface area contributed by atoms with Crippen LogP contribution in [0.2, 0.25) is 0 Å². The van der Waals surface area contributed by atoms with Gasteiger partial charge in [-0.15, -0.1) is 0 Å². The molecule has 0 spiro atoms. The largest absolute Gasteiger partial charge is 0.480 e. The van der Waals surface area contributed by atoms with E-state index in [0.717, 1.165) is 38.8 Å². The number of piperidine rings is 1. The number of rotatable bonds is 6. The van der Waals surface area contributed by atoms with Gasteiger partial charge in [0.1, 0.15) is 6.04 Å². The maximum absolute atomic E-state index is 12.1. The van der Waals surface area contributed by atoms with Crippen LogP contribution in [0.4, 0.5) is 4.79 Å². The number of carbonyl (C=O) groups is 2. The molecule has 1 aliphatic rings. The van der Waals surface area contributed by atoms with Crippen LogP contribution < -0.4 is 5.32 Å². The molecule has 116 valence electrons. The summed E-state index contributed by atoms with van der Waals surface area (Å²) in [5.74, 6) is 0.384. The zero-order chi connectivity index (χ0) is 15.1. The van der Waals surface area contributed by atoms with Crippen LogP contribution in [0.1, 0.15) is 52.9 Å². The maximum Gasteiger partial charge on any atom is 0.326 e. The van der Waals surface area contributed by atoms with Gasteiger partial charge >= 0.3 is 12.0 Å². The molecule has 0 aliphatic carbocycles. The average molecular weight is 284 g/mol. The number of unbranched alkanes of at least 4 members (excludes halogenated alkanes) is 1. The van der Waals surface area contributed by atoms with E-state index in [1.54, 1.807) is 4.90 Å². The first-order valence-electron chi connectivity index (χ1n) is 7.74. The quantitative estimate of drug-likeness (QED) is 0.788. The molecule has 5 nitrogen and oxygen atoms in total. The number of likely N-dealkylation sites (tertiary alicyclic amines) is 1. The molecule has 0 bridgehead atoms. The monoisotopic (exact) mass is 284 g/mol. The molecule has 20 heavy (non-hydrogen) atoms. The lowest BCUT2D eigenvalue weighted by Gasteiger charge is -2.34. The summed E-state index contributed by atoms with van der Waals surface area (Å²) in [5.41, 5.74) is 0. The van der Waals surface area contributed by atoms with Crippen LogP contribution in [0, 0.1) is 11.8 Å². The van der Waals surface area contributed by atoms with Crippen LogP contribution >= 0.6 is 0 Å². The Balaban J connectivity index is 2.43. The van der Waals surface area contributed by atoms with Gasteiger partial charge in [-0.2, -0.15) is 0 Å². The fourth-order valence-corrected chi connectivity index (χ4v) is 2.68. The fraction of sp³-hybridized carbons (Fsp3) is 0.867. The number of aliphatic carboxylic acids is 1. The molecule has 5 heteroatoms. The second kappa shape index (κ2) is 8.12. The number of hydrogen-bond donors (Lipinski definition) is 2. The third kappa shape index (κ3) is 5.02. The Morgan fingerprint density at radius 1 is 1.30 bits per heavy atom. The second-order valence-corrected chi connectivity index (χ2v) is 6.05. The maximum atomic E-state index is 12.1. The number of nitrogens with one attached hydrogen (secondary N) is 1. The molecule has 1 atom stereocenters. The molecule has 2 N–H and O–H groups in total. The van der Waals surface area contributed by atoms with E-state index in [1.165, 1.54) is 0 Å². The summed E-state index contributed by atoms with van der Waals surface area (Å²) in [4.78, 5) is 25.0. The Morgan fingerprint density at radius 3 is 2.35 bits per heavy atom. The molecule has 1 saturated heterocycles. The molecule has 1 heterocycles. The lowest BCUT2D eigenvalue weighted by Crippen LogP contribution is -2.50. The minimum absolute atomic E-state index is 0.226. The smallest absolute Gasteiger partial charge is 0.326 e. The Labute approximate surface area is 121 Å². The van der Waals surface area contributed by atoms with E-state index in [0.29, 0.717) is 18.3 Å². The van der Waals surface area contributed by atoms with Crippen molar-refractivity contribution in [2.75, 3.05) is 13.1 Å². The van der Waals surface area contributed by atoms with Crippen molar-refractivity contribution >= 4 is 12.0 Å². The average Bonchev–Trinajstić information content (AvgIpc) is 2.42. The summed E-state index contributed by atoms with van der Waals surface area (Å²) in [6, 6.07) is -0.985. The molecule has 1 unspecified atom stereocenters. The minimum Gasteiger partial charge on any atom is -0.480 e. The van der Waals surface area contributed by atoms with Crippen LogP contribution in [0.3, 0.4) is 0 Å². The Kier molecular flexibility index (Phi) is 6.82. The lowest BCUT2D eigenvalue weighted by atomic mass is 9.87. The van der Waals surface area contributed by atoms with E-state index in [4.69, 9.17) is 5.11 Å². The molecule has 0 aromatic rings. The van der Waals surface area contributed by atoms with Gasteiger partial charge in [-0.05, 0) is 31.1 Å². The summed E-state index contributed by atoms with van der Waals surface area (Å²) in [7, 11) is 0. The van der Waals surface area contributed by atoms with E-state index < -0.39 is 12.0 Å². The number of urea groups is 1. The van der Waals surface area contributed by atoms with Crippen molar-refractivity contribution in [3.05, 3.63) is 0 Å². The molecular weight excluding hydrogens is 256 g/mol. The van der Waals surface area contributed by atoms with Crippen molar-refractivity contribution in [3.63, 3.8) is 0 Å². The first-order chi connectivity index (χ1) is 9.45. The van der Waals surface area contributed by atoms with Gasteiger partial charge in [0, 0.05) is 13.1 Å². The Morgan fingerprint density at radius 2 is 1.90 bits per heavy atom. The summed E-state index contributed by atoms with van der Waals surface area (Å²) < 4.78 is 0. The molecule has 0 radical (unpaired) electrons. The van der Waals surface area contributed by atoms with Crippen molar-refractivity contribution in [1.82, 2.24) is 10.2 Å². The normalized spacial score (nSPS) is 18.1. The van der Waals surface area contributed by atoms with E-state index in [-0.39, 0.29) is 6.03 Å². The molecule has 1 rings (SSSR count). The highest BCUT2D eigenvalue weighted by Gasteiger charge is 2.27. The zero-order valence-corrected chi connectivity index (χ0v) is 12.9. The number of nitrogens with zero attached hydrogens (tertiary/aromatic N) is 1. The molecule has 1 aliphatic heterocycles. The highest BCUT2D eigenvalue weighted by atomic mass is 16.4. The van der Waals surface area contributed by atoms with Crippen molar-refractivity contribution in [3.8, 4) is 0 Å². The fourth-order valence-electron chi connectivity index (χ4n) is 2.68. The summed E-state index contributed by atoms with van der Waals surface area (Å²) in [5, 5.41) is 11.8. The Hall–Kier alpha value is -1.26. The third-order valence-corrected chi connectivity index (χ3v) is 4.21. The van der Waals surface area contributed by atoms with E-state index in [2.05, 4.69) is 19.2 Å². The van der Waals surface area contributed by atoms with Crippen LogP contribution in [-0.4, -0.2) is 41.1 Å². The Bertz CT molecular complexity index is 323. The van der Waals surface area contributed by atoms with Gasteiger partial charge in [-0.25, -0.2) is 9.59 Å². The lowest BCUT2D eigenvalue weighted by molar-refractivity contribution is -0.139. The van der Waals surface area contributed by atoms with Crippen LogP contribution in [0.5, 0.6) is 0 Å². The first-order valence-corrected chi connectivity index (χ1v) is 7.74. The first kappa shape index (κ1) is 16.8. The topological polar surface area (TPSA) is 69.6 Å². The van der Waals surface area contributed by atoms with Gasteiger partial charge in [-0.1, -0.05) is 33.6 Å². The number of hydrogen-bond acceptors (Lipinski definition) is 2. The van der Waals surface area contributed by atoms with E-state index in [9.17, 15) is 9.59 Å². The molecule has 2 amide bonds. The predicted molar refractivity (Wildman–Crippen MR) is 78.6 cm³/mol. The number of amides is 2. The van der Waals surface area contributed by atoms with Gasteiger partial charge in [0.15, 0.2) is 0 Å². The standard InChI is InChI=1S/C15H28N2O3/c1-4-5-6-13(14(18)19)16-15(20)17-9-7-12(8-10-17)11(2)3/h11-13H,4-10H2,1-3H3,(H,16,20)(H,18,19). The zero-order valence-electron chi connectivity index (χ0n) is 12.9. The molecule has 1 fully saturated rings. The highest BCUT2D eigenvalue weighted by molar-refractivity contribution is 5.82. The van der Waals surface area contributed by atoms with Gasteiger partial charge in [0.2, 0.25) is 0 Å². The summed E-state index contributed by atoms with van der Waals surface area (Å²) >= 11 is 0. The molecule has 0 saturated carbocycles. The van der Waals surface area contributed by atoms with Crippen molar-refractivity contribution < 1.29 is 14.7 Å². The van der Waals surface area contributed by atoms with Crippen LogP contribution in [0.25, 0.3) is 0 Å². The predicted octanol–water partition coefficient (Wildman–Crippen LogP) is 2.71. The van der Waals surface area contributed by atoms with Crippen LogP contribution in [0.15, 0.2) is 0 Å². The molecule has 0 aromatic heterocycles. The van der Waals surface area contributed by atoms with Gasteiger partial charge in [0.05, 0.1) is 0 Å². The van der Waals surface area contributed by atoms with Gasteiger partial charge in [0.25, 0.3) is 0 Å². The number of carboxylic acid groups (broad SMARTS) is 1. The summed E-state index contributed by atoms with van der Waals surface area (Å²) in [6.45, 7) is 7.90. The van der Waals surface area contributed by atoms with Gasteiger partial charge < -0.3 is 15.3 Å². The van der Waals surface area contributed by atoms with E-state index >= 15 is 0 Å². The minimum atomic E-state index is -0.941. The van der Waals surface area contributed by atoms with Crippen LogP contribution in [-0.2, 0) is 4.79 Å². The summed E-state index contributed by atoms with van der Waals surface area (Å²) in [6.07, 6.45) is 4.27. The van der Waals surface area contributed by atoms with Crippen molar-refractivity contribution in [2.45, 2.75) is 58.9 Å². The van der Waals surface area contributed by atoms with Gasteiger partial charge in [-0.3, -0.25) is 0 Å². The number of carbonyl (C=O) groups excluding carboxylic acids is 1. The van der Waals surface area contributed by atoms with Crippen molar-refractivity contribution in [2.24, 2.45) is 11.8 Å². The number of carboxylic acids is 1. The van der Waals surface area contributed by atoms with E-state index in [1.807, 2.05) is 6.92 Å². The highest BCUT2D eigenvalue weighted by Crippen LogP contribution is 2.24.